The Morgan fingerprint density at radius 2 is 1.73 bits per heavy atom. The van der Waals surface area contributed by atoms with Gasteiger partial charge in [-0.3, -0.25) is 4.90 Å². The maximum atomic E-state index is 6.02. The van der Waals surface area contributed by atoms with E-state index in [1.54, 1.807) is 0 Å². The van der Waals surface area contributed by atoms with Crippen LogP contribution in [-0.2, 0) is 11.4 Å². The predicted molar refractivity (Wildman–Crippen MR) is 135 cm³/mol. The van der Waals surface area contributed by atoms with E-state index in [9.17, 15) is 0 Å². The number of hydrogen-bond acceptors (Lipinski definition) is 5. The Labute approximate surface area is 199 Å². The predicted octanol–water partition coefficient (Wildman–Crippen LogP) is 5.35. The van der Waals surface area contributed by atoms with E-state index < -0.39 is 0 Å². The molecule has 178 valence electrons. The van der Waals surface area contributed by atoms with Gasteiger partial charge in [-0.2, -0.15) is 0 Å². The Hall–Kier alpha value is -2.37. The zero-order chi connectivity index (χ0) is 22.7. The minimum Gasteiger partial charge on any atom is -0.494 e. The van der Waals surface area contributed by atoms with Gasteiger partial charge in [0.15, 0.2) is 0 Å². The van der Waals surface area contributed by atoms with Crippen molar-refractivity contribution in [1.29, 1.82) is 0 Å². The third-order valence-corrected chi connectivity index (χ3v) is 6.81. The van der Waals surface area contributed by atoms with E-state index >= 15 is 0 Å². The lowest BCUT2D eigenvalue weighted by molar-refractivity contribution is 0.128. The lowest BCUT2D eigenvalue weighted by atomic mass is 10.1. The largest absolute Gasteiger partial charge is 0.494 e. The first-order valence-electron chi connectivity index (χ1n) is 12.7. The Bertz CT molecular complexity index is 847. The second-order valence-corrected chi connectivity index (χ2v) is 9.39. The Balaban J connectivity index is 1.32. The third-order valence-electron chi connectivity index (χ3n) is 6.81. The summed E-state index contributed by atoms with van der Waals surface area (Å²) >= 11 is 0. The molecule has 2 fully saturated rings. The van der Waals surface area contributed by atoms with Gasteiger partial charge in [0.25, 0.3) is 0 Å². The van der Waals surface area contributed by atoms with Crippen LogP contribution in [0.3, 0.4) is 0 Å². The van der Waals surface area contributed by atoms with Gasteiger partial charge < -0.3 is 14.5 Å². The highest BCUT2D eigenvalue weighted by molar-refractivity contribution is 6.01. The third kappa shape index (κ3) is 7.58. The summed E-state index contributed by atoms with van der Waals surface area (Å²) in [6, 6.07) is 19.3. The second kappa shape index (κ2) is 12.8. The van der Waals surface area contributed by atoms with E-state index in [2.05, 4.69) is 58.3 Å². The number of piperidine rings is 1. The Kier molecular flexibility index (Phi) is 9.19. The number of hydrogen-bond donors (Lipinski definition) is 0. The molecule has 5 nitrogen and oxygen atoms in total. The van der Waals surface area contributed by atoms with Crippen molar-refractivity contribution in [2.24, 2.45) is 5.16 Å². The monoisotopic (exact) mass is 449 g/mol. The zero-order valence-electron chi connectivity index (χ0n) is 20.1. The van der Waals surface area contributed by atoms with Crippen molar-refractivity contribution >= 4 is 5.71 Å². The van der Waals surface area contributed by atoms with Gasteiger partial charge in [0.05, 0.1) is 6.61 Å². The van der Waals surface area contributed by atoms with Crippen LogP contribution >= 0.6 is 0 Å². The molecule has 5 heteroatoms. The molecule has 2 aliphatic rings. The molecule has 1 unspecified atom stereocenters. The first kappa shape index (κ1) is 23.8. The van der Waals surface area contributed by atoms with Gasteiger partial charge in [0.1, 0.15) is 18.1 Å². The van der Waals surface area contributed by atoms with Crippen molar-refractivity contribution in [2.45, 2.75) is 58.1 Å². The van der Waals surface area contributed by atoms with Crippen LogP contribution in [0, 0.1) is 0 Å². The number of ether oxygens (including phenoxy) is 1. The van der Waals surface area contributed by atoms with Crippen molar-refractivity contribution in [3.05, 3.63) is 65.7 Å². The summed E-state index contributed by atoms with van der Waals surface area (Å²) in [5.41, 5.74) is 3.22. The molecule has 0 radical (unpaired) electrons. The van der Waals surface area contributed by atoms with Crippen LogP contribution in [0.2, 0.25) is 0 Å². The molecule has 0 spiro atoms. The smallest absolute Gasteiger partial charge is 0.142 e. The van der Waals surface area contributed by atoms with E-state index in [-0.39, 0.29) is 0 Å². The minimum absolute atomic E-state index is 0.487. The topological polar surface area (TPSA) is 37.3 Å². The van der Waals surface area contributed by atoms with E-state index in [0.717, 1.165) is 67.8 Å². The zero-order valence-corrected chi connectivity index (χ0v) is 20.1. The number of rotatable bonds is 11. The summed E-state index contributed by atoms with van der Waals surface area (Å²) in [6.45, 7) is 9.04. The second-order valence-electron chi connectivity index (χ2n) is 9.39. The van der Waals surface area contributed by atoms with E-state index in [1.165, 1.54) is 38.6 Å². The molecule has 2 heterocycles. The molecular formula is C28H39N3O2. The van der Waals surface area contributed by atoms with Crippen LogP contribution in [0.4, 0.5) is 0 Å². The van der Waals surface area contributed by atoms with E-state index in [1.807, 2.05) is 18.2 Å². The molecule has 0 aliphatic carbocycles. The molecular weight excluding hydrogens is 410 g/mol. The first-order chi connectivity index (χ1) is 16.3. The summed E-state index contributed by atoms with van der Waals surface area (Å²) in [6.07, 6.45) is 7.60. The molecule has 1 atom stereocenters. The number of nitrogens with zero attached hydrogens (tertiary/aromatic N) is 3. The molecule has 2 saturated heterocycles. The standard InChI is InChI=1S/C28H39N3O2/c1-24-10-8-19-31(24)20-9-21-32-27-15-13-26(14-16-27)28(22-30-17-6-3-7-18-30)29-33-23-25-11-4-2-5-12-25/h2,4-5,11-16,24H,3,6-10,17-23H2,1H3/b29-28+. The van der Waals surface area contributed by atoms with Gasteiger partial charge in [-0.05, 0) is 88.5 Å². The van der Waals surface area contributed by atoms with Crippen LogP contribution in [-0.4, -0.2) is 60.9 Å². The van der Waals surface area contributed by atoms with Crippen molar-refractivity contribution in [3.63, 3.8) is 0 Å². The maximum absolute atomic E-state index is 6.02. The first-order valence-corrected chi connectivity index (χ1v) is 12.7. The lowest BCUT2D eigenvalue weighted by Crippen LogP contribution is -2.34. The molecule has 0 amide bonds. The number of oxime groups is 1. The van der Waals surface area contributed by atoms with Crippen molar-refractivity contribution < 1.29 is 9.57 Å². The van der Waals surface area contributed by atoms with Crippen LogP contribution in [0.1, 0.15) is 56.6 Å². The van der Waals surface area contributed by atoms with Gasteiger partial charge in [-0.15, -0.1) is 0 Å². The van der Waals surface area contributed by atoms with Gasteiger partial charge in [-0.1, -0.05) is 41.9 Å². The molecule has 0 bridgehead atoms. The fourth-order valence-electron chi connectivity index (χ4n) is 4.79. The summed E-state index contributed by atoms with van der Waals surface area (Å²) in [5.74, 6) is 0.927. The molecule has 4 rings (SSSR count). The van der Waals surface area contributed by atoms with Gasteiger partial charge in [0, 0.05) is 24.7 Å². The van der Waals surface area contributed by atoms with E-state index in [0.29, 0.717) is 6.61 Å². The van der Waals surface area contributed by atoms with Crippen LogP contribution in [0.25, 0.3) is 0 Å². The van der Waals surface area contributed by atoms with E-state index in [4.69, 9.17) is 9.57 Å². The number of benzene rings is 2. The van der Waals surface area contributed by atoms with Crippen molar-refractivity contribution in [1.82, 2.24) is 9.80 Å². The maximum Gasteiger partial charge on any atom is 0.142 e. The molecule has 0 N–H and O–H groups in total. The molecule has 2 aromatic carbocycles. The average Bonchev–Trinajstić information content (AvgIpc) is 3.27. The average molecular weight is 450 g/mol. The SMILES string of the molecule is CC1CCCN1CCCOc1ccc(/C(CN2CCCCC2)=N/OCc2ccccc2)cc1. The van der Waals surface area contributed by atoms with Crippen molar-refractivity contribution in [2.75, 3.05) is 39.3 Å². The molecule has 2 aromatic rings. The molecule has 0 aromatic heterocycles. The summed E-state index contributed by atoms with van der Waals surface area (Å²) in [4.78, 5) is 10.8. The summed E-state index contributed by atoms with van der Waals surface area (Å²) in [5, 5.41) is 4.57. The highest BCUT2D eigenvalue weighted by atomic mass is 16.6. The minimum atomic E-state index is 0.487. The summed E-state index contributed by atoms with van der Waals surface area (Å²) < 4.78 is 6.02. The van der Waals surface area contributed by atoms with Gasteiger partial charge >= 0.3 is 0 Å². The van der Waals surface area contributed by atoms with Gasteiger partial charge in [-0.25, -0.2) is 0 Å². The Morgan fingerprint density at radius 1 is 0.939 bits per heavy atom. The van der Waals surface area contributed by atoms with Crippen LogP contribution in [0.5, 0.6) is 5.75 Å². The fraction of sp³-hybridized carbons (Fsp3) is 0.536. The van der Waals surface area contributed by atoms with Gasteiger partial charge in [0.2, 0.25) is 0 Å². The Morgan fingerprint density at radius 3 is 2.45 bits per heavy atom. The lowest BCUT2D eigenvalue weighted by Gasteiger charge is -2.26. The normalized spacial score (nSPS) is 20.2. The summed E-state index contributed by atoms with van der Waals surface area (Å²) in [7, 11) is 0. The van der Waals surface area contributed by atoms with Crippen LogP contribution < -0.4 is 4.74 Å². The fourth-order valence-corrected chi connectivity index (χ4v) is 4.79. The highest BCUT2D eigenvalue weighted by Crippen LogP contribution is 2.18. The number of likely N-dealkylation sites (tertiary alicyclic amines) is 2. The highest BCUT2D eigenvalue weighted by Gasteiger charge is 2.19. The molecule has 0 saturated carbocycles. The van der Waals surface area contributed by atoms with Crippen LogP contribution in [0.15, 0.2) is 59.8 Å². The quantitative estimate of drug-likeness (QED) is 0.263. The molecule has 2 aliphatic heterocycles. The van der Waals surface area contributed by atoms with Crippen molar-refractivity contribution in [3.8, 4) is 5.75 Å². The molecule has 33 heavy (non-hydrogen) atoms.